The molecule has 1 aliphatic rings. The molecule has 0 saturated heterocycles. The molecule has 1 N–H and O–H groups in total. The van der Waals surface area contributed by atoms with Crippen LogP contribution in [0.2, 0.25) is 0 Å². The molecule has 3 rings (SSSR count). The summed E-state index contributed by atoms with van der Waals surface area (Å²) in [5, 5.41) is 6.96. The molecular formula is C18H22N2O3. The molecule has 1 heterocycles. The second-order valence-electron chi connectivity index (χ2n) is 6.36. The van der Waals surface area contributed by atoms with Gasteiger partial charge in [0.05, 0.1) is 13.2 Å². The van der Waals surface area contributed by atoms with Crippen LogP contribution in [0.5, 0.6) is 5.75 Å². The molecule has 1 fully saturated rings. The van der Waals surface area contributed by atoms with E-state index in [9.17, 15) is 4.79 Å². The molecule has 1 aromatic carbocycles. The van der Waals surface area contributed by atoms with Gasteiger partial charge in [-0.25, -0.2) is 0 Å². The molecule has 1 saturated carbocycles. The molecule has 0 bridgehead atoms. The van der Waals surface area contributed by atoms with Crippen LogP contribution >= 0.6 is 0 Å². The Morgan fingerprint density at radius 3 is 2.57 bits per heavy atom. The molecule has 1 aliphatic carbocycles. The fraction of sp³-hybridized carbons (Fsp3) is 0.444. The van der Waals surface area contributed by atoms with E-state index < -0.39 is 0 Å². The van der Waals surface area contributed by atoms with E-state index in [1.54, 1.807) is 13.2 Å². The van der Waals surface area contributed by atoms with Gasteiger partial charge in [0.1, 0.15) is 11.5 Å². The largest absolute Gasteiger partial charge is 0.497 e. The van der Waals surface area contributed by atoms with Gasteiger partial charge in [-0.2, -0.15) is 0 Å². The first kappa shape index (κ1) is 15.6. The quantitative estimate of drug-likeness (QED) is 0.883. The van der Waals surface area contributed by atoms with Crippen LogP contribution in [0.4, 0.5) is 0 Å². The summed E-state index contributed by atoms with van der Waals surface area (Å²) in [5.74, 6) is 2.12. The lowest BCUT2D eigenvalue weighted by molar-refractivity contribution is 0.0916. The lowest BCUT2D eigenvalue weighted by atomic mass is 9.96. The van der Waals surface area contributed by atoms with Gasteiger partial charge in [0.15, 0.2) is 5.69 Å². The SMILES string of the molecule is COc1ccc(C(NC(=O)c2cc(C3CC3)on2)C(C)C)cc1. The van der Waals surface area contributed by atoms with E-state index in [2.05, 4.69) is 24.3 Å². The summed E-state index contributed by atoms with van der Waals surface area (Å²) in [7, 11) is 1.64. The van der Waals surface area contributed by atoms with Gasteiger partial charge < -0.3 is 14.6 Å². The third-order valence-corrected chi connectivity index (χ3v) is 4.17. The molecular weight excluding hydrogens is 292 g/mol. The molecule has 5 nitrogen and oxygen atoms in total. The van der Waals surface area contributed by atoms with Crippen molar-refractivity contribution in [2.24, 2.45) is 5.92 Å². The number of aromatic nitrogens is 1. The maximum atomic E-state index is 12.5. The molecule has 122 valence electrons. The summed E-state index contributed by atoms with van der Waals surface area (Å²) in [4.78, 5) is 12.5. The van der Waals surface area contributed by atoms with Gasteiger partial charge in [-0.1, -0.05) is 31.1 Å². The summed E-state index contributed by atoms with van der Waals surface area (Å²) in [6.45, 7) is 4.15. The number of nitrogens with zero attached hydrogens (tertiary/aromatic N) is 1. The number of amides is 1. The monoisotopic (exact) mass is 314 g/mol. The minimum absolute atomic E-state index is 0.0884. The Kier molecular flexibility index (Phi) is 4.37. The first-order valence-corrected chi connectivity index (χ1v) is 8.00. The second kappa shape index (κ2) is 6.44. The van der Waals surface area contributed by atoms with Gasteiger partial charge >= 0.3 is 0 Å². The predicted molar refractivity (Wildman–Crippen MR) is 86.5 cm³/mol. The first-order chi connectivity index (χ1) is 11.1. The molecule has 0 radical (unpaired) electrons. The zero-order valence-corrected chi connectivity index (χ0v) is 13.7. The molecule has 0 aliphatic heterocycles. The minimum atomic E-state index is -0.199. The van der Waals surface area contributed by atoms with Gasteiger partial charge in [-0.15, -0.1) is 0 Å². The fourth-order valence-corrected chi connectivity index (χ4v) is 2.62. The van der Waals surface area contributed by atoms with E-state index in [0.717, 1.165) is 29.9 Å². The van der Waals surface area contributed by atoms with Crippen LogP contribution in [-0.4, -0.2) is 18.2 Å². The number of hydrogen-bond donors (Lipinski definition) is 1. The van der Waals surface area contributed by atoms with Gasteiger partial charge in [0.2, 0.25) is 0 Å². The maximum absolute atomic E-state index is 12.5. The Bertz CT molecular complexity index is 672. The third-order valence-electron chi connectivity index (χ3n) is 4.17. The zero-order valence-electron chi connectivity index (χ0n) is 13.7. The lowest BCUT2D eigenvalue weighted by Gasteiger charge is -2.22. The Hall–Kier alpha value is -2.30. The van der Waals surface area contributed by atoms with Crippen molar-refractivity contribution in [3.63, 3.8) is 0 Å². The number of ether oxygens (including phenoxy) is 1. The van der Waals surface area contributed by atoms with Crippen LogP contribution in [0, 0.1) is 5.92 Å². The van der Waals surface area contributed by atoms with Crippen molar-refractivity contribution in [1.29, 1.82) is 0 Å². The highest BCUT2D eigenvalue weighted by atomic mass is 16.5. The van der Waals surface area contributed by atoms with Crippen molar-refractivity contribution in [2.45, 2.75) is 38.6 Å². The number of nitrogens with one attached hydrogen (secondary N) is 1. The first-order valence-electron chi connectivity index (χ1n) is 8.00. The van der Waals surface area contributed by atoms with E-state index >= 15 is 0 Å². The number of benzene rings is 1. The number of carbonyl (C=O) groups excluding carboxylic acids is 1. The highest BCUT2D eigenvalue weighted by Crippen LogP contribution is 2.40. The average Bonchev–Trinajstić information content (AvgIpc) is 3.29. The summed E-state index contributed by atoms with van der Waals surface area (Å²) in [5.41, 5.74) is 1.39. The summed E-state index contributed by atoms with van der Waals surface area (Å²) in [6, 6.07) is 9.42. The Morgan fingerprint density at radius 2 is 2.00 bits per heavy atom. The smallest absolute Gasteiger partial charge is 0.273 e. The summed E-state index contributed by atoms with van der Waals surface area (Å²) < 4.78 is 10.4. The molecule has 2 aromatic rings. The zero-order chi connectivity index (χ0) is 16.4. The molecule has 0 spiro atoms. The van der Waals surface area contributed by atoms with E-state index in [1.165, 1.54) is 0 Å². The molecule has 1 amide bonds. The van der Waals surface area contributed by atoms with Crippen molar-refractivity contribution >= 4 is 5.91 Å². The lowest BCUT2D eigenvalue weighted by Crippen LogP contribution is -2.31. The van der Waals surface area contributed by atoms with Crippen molar-refractivity contribution in [3.8, 4) is 5.75 Å². The normalized spacial score (nSPS) is 15.5. The van der Waals surface area contributed by atoms with Gasteiger partial charge in [0.25, 0.3) is 5.91 Å². The van der Waals surface area contributed by atoms with Gasteiger partial charge in [0, 0.05) is 12.0 Å². The van der Waals surface area contributed by atoms with Gasteiger partial charge in [-0.3, -0.25) is 4.79 Å². The van der Waals surface area contributed by atoms with Crippen LogP contribution in [0.3, 0.4) is 0 Å². The van der Waals surface area contributed by atoms with E-state index in [-0.39, 0.29) is 17.9 Å². The van der Waals surface area contributed by atoms with Crippen molar-refractivity contribution in [3.05, 3.63) is 47.3 Å². The molecule has 1 aromatic heterocycles. The maximum Gasteiger partial charge on any atom is 0.273 e. The number of rotatable bonds is 6. The molecule has 5 heteroatoms. The number of hydrogen-bond acceptors (Lipinski definition) is 4. The standard InChI is InChI=1S/C18H22N2O3/c1-11(2)17(13-6-8-14(22-3)9-7-13)19-18(21)15-10-16(23-20-15)12-4-5-12/h6-12,17H,4-5H2,1-3H3,(H,19,21). The topological polar surface area (TPSA) is 64.4 Å². The third kappa shape index (κ3) is 3.55. The summed E-state index contributed by atoms with van der Waals surface area (Å²) >= 11 is 0. The van der Waals surface area contributed by atoms with Crippen LogP contribution in [0.15, 0.2) is 34.9 Å². The molecule has 1 unspecified atom stereocenters. The van der Waals surface area contributed by atoms with Gasteiger partial charge in [-0.05, 0) is 36.5 Å². The van der Waals surface area contributed by atoms with Crippen LogP contribution in [0.25, 0.3) is 0 Å². The van der Waals surface area contributed by atoms with E-state index in [0.29, 0.717) is 11.6 Å². The van der Waals surface area contributed by atoms with Crippen LogP contribution < -0.4 is 10.1 Å². The highest BCUT2D eigenvalue weighted by Gasteiger charge is 2.29. The number of methoxy groups -OCH3 is 1. The van der Waals surface area contributed by atoms with Crippen molar-refractivity contribution in [1.82, 2.24) is 10.5 Å². The molecule has 23 heavy (non-hydrogen) atoms. The molecule has 1 atom stereocenters. The average molecular weight is 314 g/mol. The second-order valence-corrected chi connectivity index (χ2v) is 6.36. The van der Waals surface area contributed by atoms with Crippen molar-refractivity contribution in [2.75, 3.05) is 7.11 Å². The Labute approximate surface area is 136 Å². The van der Waals surface area contributed by atoms with Crippen LogP contribution in [0.1, 0.15) is 60.5 Å². The fourth-order valence-electron chi connectivity index (χ4n) is 2.62. The summed E-state index contributed by atoms with van der Waals surface area (Å²) in [6.07, 6.45) is 2.24. The Balaban J connectivity index is 1.73. The Morgan fingerprint density at radius 1 is 1.30 bits per heavy atom. The van der Waals surface area contributed by atoms with Crippen LogP contribution in [-0.2, 0) is 0 Å². The predicted octanol–water partition coefficient (Wildman–Crippen LogP) is 3.69. The highest BCUT2D eigenvalue weighted by molar-refractivity contribution is 5.92. The van der Waals surface area contributed by atoms with E-state index in [4.69, 9.17) is 9.26 Å². The van der Waals surface area contributed by atoms with Crippen molar-refractivity contribution < 1.29 is 14.1 Å². The minimum Gasteiger partial charge on any atom is -0.497 e. The number of carbonyl (C=O) groups is 1. The van der Waals surface area contributed by atoms with E-state index in [1.807, 2.05) is 24.3 Å².